The second kappa shape index (κ2) is 11.3. The van der Waals surface area contributed by atoms with Crippen molar-refractivity contribution in [1.29, 1.82) is 0 Å². The zero-order valence-corrected chi connectivity index (χ0v) is 18.4. The Labute approximate surface area is 169 Å². The van der Waals surface area contributed by atoms with Crippen LogP contribution < -0.4 is 0 Å². The smallest absolute Gasteiger partial charge is 0.334 e. The van der Waals surface area contributed by atoms with Gasteiger partial charge in [-0.3, -0.25) is 0 Å². The average Bonchev–Trinajstić information content (AvgIpc) is 2.53. The maximum absolute atomic E-state index is 11.7. The molecule has 0 saturated carbocycles. The predicted molar refractivity (Wildman–Crippen MR) is 116 cm³/mol. The lowest BCUT2D eigenvalue weighted by Crippen LogP contribution is -2.24. The Bertz CT molecular complexity index is 724. The number of ether oxygens (including phenoxy) is 1. The fourth-order valence-corrected chi connectivity index (χ4v) is 2.01. The molecule has 154 valence electrons. The highest BCUT2D eigenvalue weighted by atomic mass is 16.6. The summed E-state index contributed by atoms with van der Waals surface area (Å²) in [4.78, 5) is 22.0. The predicted octanol–water partition coefficient (Wildman–Crippen LogP) is 6.05. The van der Waals surface area contributed by atoms with E-state index >= 15 is 0 Å². The minimum atomic E-state index is -0.838. The Hall–Kier alpha value is -2.62. The Morgan fingerprint density at radius 2 is 1.46 bits per heavy atom. The number of hydrogen-bond acceptors (Lipinski definition) is 3. The molecule has 0 saturated heterocycles. The minimum absolute atomic E-state index is 0.0392. The molecular weight excluding hydrogens is 352 g/mol. The molecule has 4 nitrogen and oxygen atoms in total. The van der Waals surface area contributed by atoms with E-state index in [-0.39, 0.29) is 11.4 Å². The van der Waals surface area contributed by atoms with Crippen LogP contribution in [0.25, 0.3) is 6.08 Å². The summed E-state index contributed by atoms with van der Waals surface area (Å²) in [7, 11) is 0. The normalized spacial score (nSPS) is 13.0. The number of allylic oxidation sites excluding steroid dienone is 3. The van der Waals surface area contributed by atoms with Gasteiger partial charge in [-0.2, -0.15) is 0 Å². The number of carbonyl (C=O) groups is 2. The summed E-state index contributed by atoms with van der Waals surface area (Å²) in [5.74, 6) is -1.12. The summed E-state index contributed by atoms with van der Waals surface area (Å²) >= 11 is 0. The maximum atomic E-state index is 11.7. The number of carbonyl (C=O) groups excluding carboxylic acids is 1. The Morgan fingerprint density at radius 1 is 0.929 bits per heavy atom. The fourth-order valence-electron chi connectivity index (χ4n) is 2.01. The van der Waals surface area contributed by atoms with E-state index in [0.717, 1.165) is 5.56 Å². The van der Waals surface area contributed by atoms with Gasteiger partial charge in [0.15, 0.2) is 0 Å². The molecule has 1 aromatic carbocycles. The van der Waals surface area contributed by atoms with E-state index in [1.165, 1.54) is 0 Å². The summed E-state index contributed by atoms with van der Waals surface area (Å²) in [6, 6.07) is 9.94. The largest absolute Gasteiger partial charge is 0.478 e. The van der Waals surface area contributed by atoms with Crippen LogP contribution in [0.1, 0.15) is 61.0 Å². The van der Waals surface area contributed by atoms with E-state index in [9.17, 15) is 9.59 Å². The van der Waals surface area contributed by atoms with Crippen molar-refractivity contribution in [1.82, 2.24) is 0 Å². The van der Waals surface area contributed by atoms with Crippen molar-refractivity contribution < 1.29 is 19.4 Å². The van der Waals surface area contributed by atoms with Gasteiger partial charge in [0.05, 0.1) is 0 Å². The van der Waals surface area contributed by atoms with Gasteiger partial charge in [0.2, 0.25) is 0 Å². The monoisotopic (exact) mass is 386 g/mol. The third-order valence-electron chi connectivity index (χ3n) is 3.14. The summed E-state index contributed by atoms with van der Waals surface area (Å²) < 4.78 is 5.26. The first kappa shape index (κ1) is 25.4. The zero-order chi connectivity index (χ0) is 22.0. The van der Waals surface area contributed by atoms with Crippen LogP contribution in [0, 0.1) is 5.41 Å². The van der Waals surface area contributed by atoms with Gasteiger partial charge < -0.3 is 9.84 Å². The van der Waals surface area contributed by atoms with E-state index in [1.807, 2.05) is 84.0 Å². The third-order valence-corrected chi connectivity index (χ3v) is 3.14. The van der Waals surface area contributed by atoms with Crippen molar-refractivity contribution in [3.05, 3.63) is 65.3 Å². The SMILES string of the molecule is CC(=CC(C)(C)C)C(=O)O.CC(=CC=Cc1ccccc1)C(=O)OC(C)(C)C. The molecule has 0 aliphatic heterocycles. The van der Waals surface area contributed by atoms with E-state index in [1.54, 1.807) is 26.0 Å². The molecule has 1 rings (SSSR count). The fraction of sp³-hybridized carbons (Fsp3) is 0.417. The van der Waals surface area contributed by atoms with Gasteiger partial charge in [-0.25, -0.2) is 9.59 Å². The Balaban J connectivity index is 0.000000621. The molecule has 28 heavy (non-hydrogen) atoms. The van der Waals surface area contributed by atoms with Gasteiger partial charge in [-0.1, -0.05) is 75.4 Å². The molecule has 0 radical (unpaired) electrons. The summed E-state index contributed by atoms with van der Waals surface area (Å²) in [6.45, 7) is 14.9. The van der Waals surface area contributed by atoms with Crippen molar-refractivity contribution in [2.75, 3.05) is 0 Å². The van der Waals surface area contributed by atoms with Crippen LogP contribution in [0.3, 0.4) is 0 Å². The first-order chi connectivity index (χ1) is 12.7. The molecule has 4 heteroatoms. The molecule has 0 aliphatic carbocycles. The zero-order valence-electron chi connectivity index (χ0n) is 18.4. The van der Waals surface area contributed by atoms with Crippen molar-refractivity contribution in [2.45, 2.75) is 61.0 Å². The highest BCUT2D eigenvalue weighted by molar-refractivity contribution is 5.88. The van der Waals surface area contributed by atoms with E-state index in [2.05, 4.69) is 0 Å². The van der Waals surface area contributed by atoms with Crippen LogP contribution in [0.5, 0.6) is 0 Å². The molecule has 1 N–H and O–H groups in total. The lowest BCUT2D eigenvalue weighted by molar-refractivity contribution is -0.149. The molecule has 0 aliphatic rings. The van der Waals surface area contributed by atoms with Crippen molar-refractivity contribution in [3.63, 3.8) is 0 Å². The highest BCUT2D eigenvalue weighted by Crippen LogP contribution is 2.17. The average molecular weight is 387 g/mol. The molecule has 0 aromatic heterocycles. The standard InChI is InChI=1S/C16H20O2.C8H14O2/c1-13(15(17)18-16(2,3)4)9-8-12-14-10-6-5-7-11-14;1-6(7(9)10)5-8(2,3)4/h5-12H,1-4H3;5H,1-4H3,(H,9,10). The molecule has 0 fully saturated rings. The van der Waals surface area contributed by atoms with E-state index in [0.29, 0.717) is 11.1 Å². The summed E-state index contributed by atoms with van der Waals surface area (Å²) in [5.41, 5.74) is 1.62. The number of benzene rings is 1. The first-order valence-electron chi connectivity index (χ1n) is 9.27. The number of carboxylic acids is 1. The number of hydrogen-bond donors (Lipinski definition) is 1. The van der Waals surface area contributed by atoms with Crippen LogP contribution in [0.2, 0.25) is 0 Å². The molecule has 0 atom stereocenters. The van der Waals surface area contributed by atoms with Crippen LogP contribution >= 0.6 is 0 Å². The van der Waals surface area contributed by atoms with Crippen LogP contribution in [-0.4, -0.2) is 22.6 Å². The second-order valence-electron chi connectivity index (χ2n) is 8.62. The van der Waals surface area contributed by atoms with Gasteiger partial charge in [0.25, 0.3) is 0 Å². The lowest BCUT2D eigenvalue weighted by Gasteiger charge is -2.19. The molecule has 1 aromatic rings. The molecular formula is C24H34O4. The number of carboxylic acid groups (broad SMARTS) is 1. The summed E-state index contributed by atoms with van der Waals surface area (Å²) in [5, 5.41) is 8.48. The van der Waals surface area contributed by atoms with Crippen molar-refractivity contribution in [2.24, 2.45) is 5.41 Å². The summed E-state index contributed by atoms with van der Waals surface area (Å²) in [6.07, 6.45) is 7.32. The molecule has 0 bridgehead atoms. The minimum Gasteiger partial charge on any atom is -0.478 e. The Morgan fingerprint density at radius 3 is 1.86 bits per heavy atom. The number of rotatable bonds is 4. The van der Waals surface area contributed by atoms with Crippen LogP contribution in [0.15, 0.2) is 59.7 Å². The molecule has 0 unspecified atom stereocenters. The van der Waals surface area contributed by atoms with E-state index in [4.69, 9.17) is 9.84 Å². The highest BCUT2D eigenvalue weighted by Gasteiger charge is 2.16. The van der Waals surface area contributed by atoms with Gasteiger partial charge >= 0.3 is 11.9 Å². The maximum Gasteiger partial charge on any atom is 0.334 e. The molecule has 0 amide bonds. The third kappa shape index (κ3) is 13.6. The van der Waals surface area contributed by atoms with E-state index < -0.39 is 11.6 Å². The van der Waals surface area contributed by atoms with Crippen molar-refractivity contribution in [3.8, 4) is 0 Å². The molecule has 0 spiro atoms. The molecule has 0 heterocycles. The van der Waals surface area contributed by atoms with Gasteiger partial charge in [0.1, 0.15) is 5.60 Å². The number of aliphatic carboxylic acids is 1. The number of esters is 1. The van der Waals surface area contributed by atoms with Crippen LogP contribution in [0.4, 0.5) is 0 Å². The quantitative estimate of drug-likeness (QED) is 0.388. The second-order valence-corrected chi connectivity index (χ2v) is 8.62. The Kier molecular flexibility index (Phi) is 10.2. The first-order valence-corrected chi connectivity index (χ1v) is 9.27. The van der Waals surface area contributed by atoms with Gasteiger partial charge in [-0.05, 0) is 45.6 Å². The van der Waals surface area contributed by atoms with Crippen LogP contribution in [-0.2, 0) is 14.3 Å². The van der Waals surface area contributed by atoms with Crippen molar-refractivity contribution >= 4 is 18.0 Å². The van der Waals surface area contributed by atoms with Gasteiger partial charge in [0, 0.05) is 11.1 Å². The lowest BCUT2D eigenvalue weighted by atomic mass is 9.94. The van der Waals surface area contributed by atoms with Gasteiger partial charge in [-0.15, -0.1) is 0 Å². The topological polar surface area (TPSA) is 63.6 Å².